The van der Waals surface area contributed by atoms with Gasteiger partial charge in [0.1, 0.15) is 11.5 Å². The maximum atomic E-state index is 11.9. The molecule has 0 fully saturated rings. The smallest absolute Gasteiger partial charge is 0.307 e. The quantitative estimate of drug-likeness (QED) is 0.325. The van der Waals surface area contributed by atoms with Gasteiger partial charge in [0, 0.05) is 12.8 Å². The third-order valence-corrected chi connectivity index (χ3v) is 6.36. The molecule has 0 aliphatic rings. The van der Waals surface area contributed by atoms with Gasteiger partial charge in [-0.25, -0.2) is 0 Å². The van der Waals surface area contributed by atoms with Crippen molar-refractivity contribution in [2.45, 2.75) is 38.1 Å². The van der Waals surface area contributed by atoms with Crippen LogP contribution >= 0.6 is 0 Å². The van der Waals surface area contributed by atoms with E-state index in [-0.39, 0.29) is 12.0 Å². The fourth-order valence-electron chi connectivity index (χ4n) is 4.28. The number of hydrogen-bond acceptors (Lipinski definition) is 5. The van der Waals surface area contributed by atoms with Crippen LogP contribution in [0.1, 0.15) is 30.4 Å². The predicted molar refractivity (Wildman–Crippen MR) is 133 cm³/mol. The molecule has 6 nitrogen and oxygen atoms in total. The fraction of sp³-hybridized carbons (Fsp3) is 0.519. The van der Waals surface area contributed by atoms with Crippen molar-refractivity contribution >= 4 is 5.97 Å². The summed E-state index contributed by atoms with van der Waals surface area (Å²) in [6.07, 6.45) is 4.60. The summed E-state index contributed by atoms with van der Waals surface area (Å²) in [6.45, 7) is 2.98. The van der Waals surface area contributed by atoms with Gasteiger partial charge >= 0.3 is 5.97 Å². The molecule has 0 aliphatic heterocycles. The van der Waals surface area contributed by atoms with E-state index in [2.05, 4.69) is 36.6 Å². The summed E-state index contributed by atoms with van der Waals surface area (Å²) in [5.41, 5.74) is 2.64. The van der Waals surface area contributed by atoms with Crippen LogP contribution in [0.25, 0.3) is 0 Å². The van der Waals surface area contributed by atoms with Crippen molar-refractivity contribution < 1.29 is 23.5 Å². The Morgan fingerprint density at radius 3 is 1.67 bits per heavy atom. The van der Waals surface area contributed by atoms with Crippen LogP contribution in [0.4, 0.5) is 0 Å². The number of nitrogens with zero attached hydrogens (tertiary/aromatic N) is 1. The van der Waals surface area contributed by atoms with Crippen molar-refractivity contribution in [3.8, 4) is 11.5 Å². The van der Waals surface area contributed by atoms with E-state index in [4.69, 9.17) is 14.2 Å². The zero-order chi connectivity index (χ0) is 24.1. The summed E-state index contributed by atoms with van der Waals surface area (Å²) in [5.74, 6) is 1.60. The number of aryl methyl sites for hydroxylation is 2. The van der Waals surface area contributed by atoms with Crippen LogP contribution in [0.15, 0.2) is 48.5 Å². The summed E-state index contributed by atoms with van der Waals surface area (Å²) in [6, 6.07) is 16.7. The Hall–Kier alpha value is -2.57. The number of carbonyl (C=O) groups is 1. The summed E-state index contributed by atoms with van der Waals surface area (Å²) in [5, 5.41) is 3.32. The lowest BCUT2D eigenvalue weighted by Crippen LogP contribution is -2.53. The first-order valence-electron chi connectivity index (χ1n) is 11.7. The molecule has 1 N–H and O–H groups in total. The minimum Gasteiger partial charge on any atom is -0.497 e. The summed E-state index contributed by atoms with van der Waals surface area (Å²) < 4.78 is 16.3. The molecule has 2 rings (SSSR count). The molecule has 0 aromatic heterocycles. The average Bonchev–Trinajstić information content (AvgIpc) is 2.84. The largest absolute Gasteiger partial charge is 0.497 e. The highest BCUT2D eigenvalue weighted by molar-refractivity contribution is 5.69. The number of esters is 1. The van der Waals surface area contributed by atoms with Gasteiger partial charge in [0.25, 0.3) is 0 Å². The van der Waals surface area contributed by atoms with Crippen LogP contribution in [0.2, 0.25) is 0 Å². The number of carbonyl (C=O) groups excluding carboxylic acids is 1. The molecule has 0 spiro atoms. The van der Waals surface area contributed by atoms with Crippen LogP contribution in [0.3, 0.4) is 0 Å². The lowest BCUT2D eigenvalue weighted by molar-refractivity contribution is -0.911. The molecule has 0 aliphatic carbocycles. The standard InChI is InChI=1S/C27H41N2O4/c1-28-24(20-27(30)33-5)21-29(2,18-6-8-22-10-14-25(31-3)15-11-22)19-7-9-23-12-16-26(32-4)17-13-23/h10-17,24,28H,6-9,18-21H2,1-5H3/q+1. The first-order valence-corrected chi connectivity index (χ1v) is 11.7. The maximum absolute atomic E-state index is 11.9. The van der Waals surface area contributed by atoms with E-state index in [9.17, 15) is 4.79 Å². The molecular weight excluding hydrogens is 416 g/mol. The molecule has 33 heavy (non-hydrogen) atoms. The number of benzene rings is 2. The number of methoxy groups -OCH3 is 3. The Morgan fingerprint density at radius 1 is 0.848 bits per heavy atom. The van der Waals surface area contributed by atoms with Gasteiger partial charge in [-0.2, -0.15) is 0 Å². The fourth-order valence-corrected chi connectivity index (χ4v) is 4.28. The molecule has 2 aromatic carbocycles. The Balaban J connectivity index is 1.98. The van der Waals surface area contributed by atoms with Gasteiger partial charge in [-0.1, -0.05) is 24.3 Å². The Kier molecular flexibility index (Phi) is 11.2. The number of nitrogens with one attached hydrogen (secondary N) is 1. The topological polar surface area (TPSA) is 56.8 Å². The van der Waals surface area contributed by atoms with E-state index in [1.165, 1.54) is 18.2 Å². The third-order valence-electron chi connectivity index (χ3n) is 6.36. The molecular formula is C27H41N2O4+. The van der Waals surface area contributed by atoms with E-state index >= 15 is 0 Å². The molecule has 2 aromatic rings. The van der Waals surface area contributed by atoms with Crippen molar-refractivity contribution in [2.24, 2.45) is 0 Å². The van der Waals surface area contributed by atoms with Crippen molar-refractivity contribution in [1.29, 1.82) is 0 Å². The van der Waals surface area contributed by atoms with Gasteiger partial charge in [-0.15, -0.1) is 0 Å². The first kappa shape index (κ1) is 26.7. The summed E-state index contributed by atoms with van der Waals surface area (Å²) >= 11 is 0. The summed E-state index contributed by atoms with van der Waals surface area (Å²) in [7, 11) is 9.07. The zero-order valence-corrected chi connectivity index (χ0v) is 20.9. The Morgan fingerprint density at radius 2 is 1.30 bits per heavy atom. The normalized spacial score (nSPS) is 12.3. The Bertz CT molecular complexity index is 768. The molecule has 0 bridgehead atoms. The number of quaternary nitrogens is 1. The lowest BCUT2D eigenvalue weighted by atomic mass is 10.1. The number of hydrogen-bond donors (Lipinski definition) is 1. The highest BCUT2D eigenvalue weighted by Gasteiger charge is 2.27. The van der Waals surface area contributed by atoms with Gasteiger partial charge < -0.3 is 24.0 Å². The van der Waals surface area contributed by atoms with Crippen LogP contribution in [-0.2, 0) is 22.4 Å². The number of ether oxygens (including phenoxy) is 3. The SMILES string of the molecule is CNC(CC(=O)OC)C[N+](C)(CCCc1ccc(OC)cc1)CCCc1ccc(OC)cc1. The van der Waals surface area contributed by atoms with Gasteiger partial charge in [0.05, 0.1) is 60.5 Å². The predicted octanol–water partition coefficient (Wildman–Crippen LogP) is 3.87. The monoisotopic (exact) mass is 457 g/mol. The molecule has 0 radical (unpaired) electrons. The molecule has 6 heteroatoms. The summed E-state index contributed by atoms with van der Waals surface area (Å²) in [4.78, 5) is 11.9. The highest BCUT2D eigenvalue weighted by Crippen LogP contribution is 2.17. The first-order chi connectivity index (χ1) is 15.9. The van der Waals surface area contributed by atoms with Crippen molar-refractivity contribution in [3.63, 3.8) is 0 Å². The molecule has 0 saturated heterocycles. The van der Waals surface area contributed by atoms with Crippen molar-refractivity contribution in [2.75, 3.05) is 55.1 Å². The lowest BCUT2D eigenvalue weighted by Gasteiger charge is -2.37. The molecule has 0 heterocycles. The van der Waals surface area contributed by atoms with Crippen LogP contribution in [0.5, 0.6) is 11.5 Å². The Labute approximate surface area is 199 Å². The van der Waals surface area contributed by atoms with E-state index < -0.39 is 0 Å². The van der Waals surface area contributed by atoms with E-state index in [0.717, 1.165) is 61.3 Å². The van der Waals surface area contributed by atoms with Crippen LogP contribution < -0.4 is 14.8 Å². The van der Waals surface area contributed by atoms with Crippen molar-refractivity contribution in [3.05, 3.63) is 59.7 Å². The average molecular weight is 458 g/mol. The second-order valence-electron chi connectivity index (χ2n) is 8.92. The second-order valence-corrected chi connectivity index (χ2v) is 8.92. The molecule has 1 unspecified atom stereocenters. The minimum absolute atomic E-state index is 0.0874. The third kappa shape index (κ3) is 9.44. The second kappa shape index (κ2) is 13.9. The van der Waals surface area contributed by atoms with Crippen LogP contribution in [-0.4, -0.2) is 71.6 Å². The van der Waals surface area contributed by atoms with E-state index in [0.29, 0.717) is 6.42 Å². The van der Waals surface area contributed by atoms with E-state index in [1.54, 1.807) is 14.2 Å². The van der Waals surface area contributed by atoms with Gasteiger partial charge in [-0.3, -0.25) is 4.79 Å². The van der Waals surface area contributed by atoms with Gasteiger partial charge in [-0.05, 0) is 55.3 Å². The minimum atomic E-state index is -0.169. The van der Waals surface area contributed by atoms with Gasteiger partial charge in [0.15, 0.2) is 0 Å². The molecule has 1 atom stereocenters. The van der Waals surface area contributed by atoms with E-state index in [1.807, 2.05) is 31.3 Å². The molecule has 0 amide bonds. The maximum Gasteiger partial charge on any atom is 0.307 e. The molecule has 0 saturated carbocycles. The zero-order valence-electron chi connectivity index (χ0n) is 20.9. The number of rotatable bonds is 15. The van der Waals surface area contributed by atoms with Gasteiger partial charge in [0.2, 0.25) is 0 Å². The van der Waals surface area contributed by atoms with Crippen LogP contribution in [0, 0.1) is 0 Å². The molecule has 182 valence electrons. The highest BCUT2D eigenvalue weighted by atomic mass is 16.5. The number of likely N-dealkylation sites (N-methyl/N-ethyl adjacent to an activating group) is 2. The van der Waals surface area contributed by atoms with Crippen molar-refractivity contribution in [1.82, 2.24) is 5.32 Å².